The zero-order valence-corrected chi connectivity index (χ0v) is 18.7. The Hall–Kier alpha value is -2.85. The average Bonchev–Trinajstić information content (AvgIpc) is 3.11. The van der Waals surface area contributed by atoms with Gasteiger partial charge >= 0.3 is 6.03 Å². The maximum absolute atomic E-state index is 12.4. The number of nitrogens with zero attached hydrogens (tertiary/aromatic N) is 1. The number of benzene rings is 2. The summed E-state index contributed by atoms with van der Waals surface area (Å²) in [6.45, 7) is 3.70. The summed E-state index contributed by atoms with van der Waals surface area (Å²) >= 11 is 1.10. The molecule has 0 radical (unpaired) electrons. The van der Waals surface area contributed by atoms with Crippen molar-refractivity contribution in [3.63, 3.8) is 0 Å². The van der Waals surface area contributed by atoms with Crippen LogP contribution in [0.15, 0.2) is 40.7 Å². The highest BCUT2D eigenvalue weighted by Crippen LogP contribution is 2.30. The monoisotopic (exact) mass is 449 g/mol. The van der Waals surface area contributed by atoms with E-state index >= 15 is 0 Å². The molecule has 0 fully saturated rings. The Kier molecular flexibility index (Phi) is 6.47. The van der Waals surface area contributed by atoms with Crippen LogP contribution in [0.4, 0.5) is 16.2 Å². The van der Waals surface area contributed by atoms with Crippen LogP contribution < -0.4 is 20.1 Å². The Morgan fingerprint density at radius 1 is 1.03 bits per heavy atom. The standard InChI is InChI=1S/C20H23N3O5S2/c1-12(2)11-30(25,26)20-23-17-6-5-13(9-18(17)29-20)21-19(24)22-14-7-15(27-3)10-16(8-14)28-4/h5-10,12H,11H2,1-4H3,(H2,21,22,24). The molecule has 1 heterocycles. The van der Waals surface area contributed by atoms with Crippen molar-refractivity contribution in [2.24, 2.45) is 5.92 Å². The van der Waals surface area contributed by atoms with E-state index in [1.807, 2.05) is 13.8 Å². The van der Waals surface area contributed by atoms with Gasteiger partial charge in [0.05, 0.1) is 30.2 Å². The Bertz CT molecular complexity index is 1150. The number of methoxy groups -OCH3 is 2. The first kappa shape index (κ1) is 21.8. The molecule has 1 aromatic heterocycles. The molecule has 2 N–H and O–H groups in total. The number of hydrogen-bond donors (Lipinski definition) is 2. The first-order valence-electron chi connectivity index (χ1n) is 9.14. The van der Waals surface area contributed by atoms with Crippen LogP contribution in [-0.2, 0) is 9.84 Å². The molecule has 0 unspecified atom stereocenters. The molecule has 0 aliphatic heterocycles. The Labute approximate surface area is 179 Å². The molecule has 2 amide bonds. The number of fused-ring (bicyclic) bond motifs is 1. The number of carbonyl (C=O) groups excluding carboxylic acids is 1. The van der Waals surface area contributed by atoms with Gasteiger partial charge in [-0.15, -0.1) is 11.3 Å². The van der Waals surface area contributed by atoms with Crippen LogP contribution in [-0.4, -0.2) is 39.4 Å². The predicted molar refractivity (Wildman–Crippen MR) is 119 cm³/mol. The highest BCUT2D eigenvalue weighted by molar-refractivity contribution is 7.93. The summed E-state index contributed by atoms with van der Waals surface area (Å²) in [4.78, 5) is 16.6. The Balaban J connectivity index is 1.77. The predicted octanol–water partition coefficient (Wildman–Crippen LogP) is 4.39. The largest absolute Gasteiger partial charge is 0.497 e. The lowest BCUT2D eigenvalue weighted by atomic mass is 10.2. The number of ether oxygens (including phenoxy) is 2. The molecule has 3 rings (SSSR count). The van der Waals surface area contributed by atoms with E-state index in [1.54, 1.807) is 36.4 Å². The summed E-state index contributed by atoms with van der Waals surface area (Å²) in [5.41, 5.74) is 1.60. The smallest absolute Gasteiger partial charge is 0.323 e. The van der Waals surface area contributed by atoms with Gasteiger partial charge < -0.3 is 20.1 Å². The molecule has 0 atom stereocenters. The number of amides is 2. The second-order valence-electron chi connectivity index (χ2n) is 7.02. The zero-order chi connectivity index (χ0) is 21.9. The minimum Gasteiger partial charge on any atom is -0.497 e. The van der Waals surface area contributed by atoms with Gasteiger partial charge in [-0.2, -0.15) is 0 Å². The number of urea groups is 1. The number of rotatable bonds is 7. The van der Waals surface area contributed by atoms with Crippen LogP contribution in [0.3, 0.4) is 0 Å². The lowest BCUT2D eigenvalue weighted by molar-refractivity contribution is 0.262. The van der Waals surface area contributed by atoms with E-state index in [1.165, 1.54) is 14.2 Å². The Morgan fingerprint density at radius 2 is 1.67 bits per heavy atom. The fourth-order valence-electron chi connectivity index (χ4n) is 2.80. The molecular weight excluding hydrogens is 426 g/mol. The molecule has 8 nitrogen and oxygen atoms in total. The Morgan fingerprint density at radius 3 is 2.27 bits per heavy atom. The van der Waals surface area contributed by atoms with Crippen molar-refractivity contribution >= 4 is 48.8 Å². The SMILES string of the molecule is COc1cc(NC(=O)Nc2ccc3nc(S(=O)(=O)CC(C)C)sc3c2)cc(OC)c1. The molecule has 0 aliphatic carbocycles. The van der Waals surface area contributed by atoms with Crippen LogP contribution in [0.2, 0.25) is 0 Å². The normalized spacial score (nSPS) is 11.5. The molecule has 0 bridgehead atoms. The molecule has 0 aliphatic rings. The number of anilines is 2. The van der Waals surface area contributed by atoms with Crippen LogP contribution in [0, 0.1) is 5.92 Å². The van der Waals surface area contributed by atoms with Crippen LogP contribution in [0.5, 0.6) is 11.5 Å². The van der Waals surface area contributed by atoms with Gasteiger partial charge in [0.2, 0.25) is 14.2 Å². The molecular formula is C20H23N3O5S2. The third kappa shape index (κ3) is 5.19. The number of carbonyl (C=O) groups is 1. The van der Waals surface area contributed by atoms with Crippen molar-refractivity contribution in [2.45, 2.75) is 18.2 Å². The van der Waals surface area contributed by atoms with E-state index in [-0.39, 0.29) is 16.0 Å². The molecule has 10 heteroatoms. The second-order valence-corrected chi connectivity index (χ2v) is 10.3. The van der Waals surface area contributed by atoms with E-state index in [0.717, 1.165) is 11.3 Å². The highest BCUT2D eigenvalue weighted by Gasteiger charge is 2.21. The molecule has 0 saturated carbocycles. The first-order chi connectivity index (χ1) is 14.2. The van der Waals surface area contributed by atoms with E-state index in [0.29, 0.717) is 33.1 Å². The summed E-state index contributed by atoms with van der Waals surface area (Å²) in [5.74, 6) is 1.15. The molecule has 30 heavy (non-hydrogen) atoms. The molecule has 0 saturated heterocycles. The molecule has 160 valence electrons. The quantitative estimate of drug-likeness (QED) is 0.554. The van der Waals surface area contributed by atoms with E-state index < -0.39 is 15.9 Å². The van der Waals surface area contributed by atoms with Crippen LogP contribution in [0.25, 0.3) is 10.2 Å². The number of thiazole rings is 1. The number of nitrogens with one attached hydrogen (secondary N) is 2. The number of hydrogen-bond acceptors (Lipinski definition) is 7. The number of aromatic nitrogens is 1. The van der Waals surface area contributed by atoms with Crippen LogP contribution >= 0.6 is 11.3 Å². The van der Waals surface area contributed by atoms with Gasteiger partial charge in [0.15, 0.2) is 0 Å². The minimum atomic E-state index is -3.43. The van der Waals surface area contributed by atoms with Gasteiger partial charge in [0, 0.05) is 29.6 Å². The summed E-state index contributed by atoms with van der Waals surface area (Å²) in [6, 6.07) is 9.64. The first-order valence-corrected chi connectivity index (χ1v) is 11.6. The third-order valence-electron chi connectivity index (χ3n) is 4.05. The van der Waals surface area contributed by atoms with Gasteiger partial charge in [-0.25, -0.2) is 18.2 Å². The molecule has 3 aromatic rings. The summed E-state index contributed by atoms with van der Waals surface area (Å²) in [7, 11) is -0.375. The lowest BCUT2D eigenvalue weighted by Crippen LogP contribution is -2.19. The maximum Gasteiger partial charge on any atom is 0.323 e. The fourth-order valence-corrected chi connectivity index (χ4v) is 5.77. The average molecular weight is 450 g/mol. The van der Waals surface area contributed by atoms with Crippen molar-refractivity contribution in [1.29, 1.82) is 0 Å². The zero-order valence-electron chi connectivity index (χ0n) is 17.1. The van der Waals surface area contributed by atoms with Crippen molar-refractivity contribution in [3.8, 4) is 11.5 Å². The van der Waals surface area contributed by atoms with Gasteiger partial charge in [-0.05, 0) is 24.1 Å². The van der Waals surface area contributed by atoms with Crippen molar-refractivity contribution in [3.05, 3.63) is 36.4 Å². The highest BCUT2D eigenvalue weighted by atomic mass is 32.2. The van der Waals surface area contributed by atoms with Gasteiger partial charge in [0.25, 0.3) is 0 Å². The molecule has 2 aromatic carbocycles. The lowest BCUT2D eigenvalue weighted by Gasteiger charge is -2.11. The van der Waals surface area contributed by atoms with E-state index in [2.05, 4.69) is 15.6 Å². The van der Waals surface area contributed by atoms with Gasteiger partial charge in [-0.1, -0.05) is 13.8 Å². The minimum absolute atomic E-state index is 0.0122. The van der Waals surface area contributed by atoms with Gasteiger partial charge in [0.1, 0.15) is 11.5 Å². The van der Waals surface area contributed by atoms with Crippen molar-refractivity contribution in [2.75, 3.05) is 30.6 Å². The van der Waals surface area contributed by atoms with Gasteiger partial charge in [-0.3, -0.25) is 0 Å². The van der Waals surface area contributed by atoms with Crippen molar-refractivity contribution < 1.29 is 22.7 Å². The summed E-state index contributed by atoms with van der Waals surface area (Å²) < 4.78 is 36.0. The summed E-state index contributed by atoms with van der Waals surface area (Å²) in [6.07, 6.45) is 0. The second kappa shape index (κ2) is 8.88. The fraction of sp³-hybridized carbons (Fsp3) is 0.300. The van der Waals surface area contributed by atoms with Crippen molar-refractivity contribution in [1.82, 2.24) is 4.98 Å². The molecule has 0 spiro atoms. The van der Waals surface area contributed by atoms with E-state index in [9.17, 15) is 13.2 Å². The summed E-state index contributed by atoms with van der Waals surface area (Å²) in [5, 5.41) is 5.46. The maximum atomic E-state index is 12.4. The topological polar surface area (TPSA) is 107 Å². The van der Waals surface area contributed by atoms with E-state index in [4.69, 9.17) is 9.47 Å². The van der Waals surface area contributed by atoms with Crippen LogP contribution in [0.1, 0.15) is 13.8 Å². The third-order valence-corrected chi connectivity index (χ3v) is 7.61. The number of sulfone groups is 1.